The molecule has 1 fully saturated rings. The number of piperidine rings is 1. The molecule has 0 aliphatic carbocycles. The van der Waals surface area contributed by atoms with Crippen LogP contribution in [-0.4, -0.2) is 45.2 Å². The summed E-state index contributed by atoms with van der Waals surface area (Å²) in [6.07, 6.45) is 7.25. The normalized spacial score (nSPS) is 20.2. The molecule has 0 amide bonds. The van der Waals surface area contributed by atoms with Gasteiger partial charge in [-0.15, -0.1) is 0 Å². The lowest BCUT2D eigenvalue weighted by atomic mass is 9.94. The van der Waals surface area contributed by atoms with Gasteiger partial charge in [-0.3, -0.25) is 10.1 Å². The smallest absolute Gasteiger partial charge is 0.112 e. The van der Waals surface area contributed by atoms with Gasteiger partial charge in [0.1, 0.15) is 11.4 Å². The van der Waals surface area contributed by atoms with Gasteiger partial charge in [0.25, 0.3) is 0 Å². The average molecular weight is 271 g/mol. The highest BCUT2D eigenvalue weighted by molar-refractivity contribution is 5.52. The molecule has 0 saturated carbocycles. The number of hydrogen-bond acceptors (Lipinski definition) is 4. The summed E-state index contributed by atoms with van der Waals surface area (Å²) in [7, 11) is 2.20. The first-order valence-electron chi connectivity index (χ1n) is 7.22. The van der Waals surface area contributed by atoms with E-state index in [0.29, 0.717) is 5.92 Å². The maximum absolute atomic E-state index is 4.71. The quantitative estimate of drug-likeness (QED) is 0.928. The van der Waals surface area contributed by atoms with Crippen molar-refractivity contribution in [1.82, 2.24) is 25.1 Å². The zero-order chi connectivity index (χ0) is 13.9. The summed E-state index contributed by atoms with van der Waals surface area (Å²) in [5.41, 5.74) is 3.85. The molecule has 1 atom stereocenters. The van der Waals surface area contributed by atoms with Crippen molar-refractivity contribution in [1.29, 1.82) is 0 Å². The van der Waals surface area contributed by atoms with Gasteiger partial charge in [-0.1, -0.05) is 0 Å². The van der Waals surface area contributed by atoms with Crippen LogP contribution in [0.15, 0.2) is 18.5 Å². The Kier molecular flexibility index (Phi) is 3.78. The number of nitrogens with zero attached hydrogens (tertiary/aromatic N) is 4. The second-order valence-corrected chi connectivity index (χ2v) is 5.81. The van der Waals surface area contributed by atoms with Crippen molar-refractivity contribution in [3.05, 3.63) is 29.8 Å². The van der Waals surface area contributed by atoms with E-state index in [1.165, 1.54) is 19.4 Å². The Morgan fingerprint density at radius 2 is 2.25 bits per heavy atom. The first kappa shape index (κ1) is 13.2. The van der Waals surface area contributed by atoms with Gasteiger partial charge in [0.2, 0.25) is 0 Å². The third-order valence-electron chi connectivity index (χ3n) is 3.87. The topological polar surface area (TPSA) is 57.7 Å². The van der Waals surface area contributed by atoms with Gasteiger partial charge in [-0.05, 0) is 51.8 Å². The highest BCUT2D eigenvalue weighted by Crippen LogP contribution is 2.20. The van der Waals surface area contributed by atoms with Crippen LogP contribution in [0.2, 0.25) is 0 Å². The van der Waals surface area contributed by atoms with Gasteiger partial charge in [-0.2, -0.15) is 5.10 Å². The average Bonchev–Trinajstić information content (AvgIpc) is 2.86. The number of H-pyrrole nitrogens is 1. The number of aromatic amines is 1. The largest absolute Gasteiger partial charge is 0.306 e. The molecule has 3 rings (SSSR count). The van der Waals surface area contributed by atoms with E-state index < -0.39 is 0 Å². The van der Waals surface area contributed by atoms with Gasteiger partial charge in [0.15, 0.2) is 0 Å². The van der Waals surface area contributed by atoms with Crippen molar-refractivity contribution in [2.75, 3.05) is 20.1 Å². The summed E-state index contributed by atoms with van der Waals surface area (Å²) in [4.78, 5) is 11.4. The van der Waals surface area contributed by atoms with Gasteiger partial charge in [-0.25, -0.2) is 4.98 Å². The number of nitrogens with one attached hydrogen (secondary N) is 1. The Morgan fingerprint density at radius 3 is 3.00 bits per heavy atom. The lowest BCUT2D eigenvalue weighted by Crippen LogP contribution is -2.33. The second kappa shape index (κ2) is 5.71. The molecule has 5 heteroatoms. The van der Waals surface area contributed by atoms with Crippen molar-refractivity contribution in [2.45, 2.75) is 26.2 Å². The molecule has 2 aromatic rings. The van der Waals surface area contributed by atoms with Crippen LogP contribution in [0.25, 0.3) is 11.4 Å². The fourth-order valence-corrected chi connectivity index (χ4v) is 2.91. The van der Waals surface area contributed by atoms with E-state index in [9.17, 15) is 0 Å². The number of likely N-dealkylation sites (tertiary alicyclic amines) is 1. The fourth-order valence-electron chi connectivity index (χ4n) is 2.91. The molecule has 1 aliphatic heterocycles. The van der Waals surface area contributed by atoms with Crippen molar-refractivity contribution in [3.63, 3.8) is 0 Å². The molecule has 0 radical (unpaired) electrons. The number of hydrogen-bond donors (Lipinski definition) is 1. The molecule has 0 unspecified atom stereocenters. The Bertz CT molecular complexity index is 577. The lowest BCUT2D eigenvalue weighted by molar-refractivity contribution is 0.208. The minimum absolute atomic E-state index is 0.694. The van der Waals surface area contributed by atoms with Crippen LogP contribution >= 0.6 is 0 Å². The van der Waals surface area contributed by atoms with E-state index >= 15 is 0 Å². The molecule has 2 aromatic heterocycles. The molecule has 1 aliphatic rings. The van der Waals surface area contributed by atoms with Crippen molar-refractivity contribution >= 4 is 0 Å². The summed E-state index contributed by atoms with van der Waals surface area (Å²) < 4.78 is 0. The number of rotatable bonds is 3. The van der Waals surface area contributed by atoms with Crippen molar-refractivity contribution in [3.8, 4) is 11.4 Å². The summed E-state index contributed by atoms with van der Waals surface area (Å²) >= 11 is 0. The Labute approximate surface area is 119 Å². The van der Waals surface area contributed by atoms with E-state index in [4.69, 9.17) is 4.98 Å². The molecule has 0 spiro atoms. The molecule has 1 N–H and O–H groups in total. The highest BCUT2D eigenvalue weighted by Gasteiger charge is 2.18. The van der Waals surface area contributed by atoms with Gasteiger partial charge >= 0.3 is 0 Å². The molecule has 0 aromatic carbocycles. The van der Waals surface area contributed by atoms with E-state index in [0.717, 1.165) is 35.7 Å². The van der Waals surface area contributed by atoms with Crippen LogP contribution in [-0.2, 0) is 6.42 Å². The number of aryl methyl sites for hydroxylation is 1. The molecule has 0 bridgehead atoms. The Hall–Kier alpha value is -1.75. The van der Waals surface area contributed by atoms with Crippen LogP contribution in [0, 0.1) is 12.8 Å². The summed E-state index contributed by atoms with van der Waals surface area (Å²) in [5.74, 6) is 0.694. The first-order valence-corrected chi connectivity index (χ1v) is 7.22. The summed E-state index contributed by atoms with van der Waals surface area (Å²) in [6, 6.07) is 2.00. The second-order valence-electron chi connectivity index (χ2n) is 5.81. The SMILES string of the molecule is Cc1cc(-c2cncc(C[C@H]3CCCN(C)C3)n2)n[nH]1. The highest BCUT2D eigenvalue weighted by atomic mass is 15.1. The van der Waals surface area contributed by atoms with Crippen LogP contribution in [0.5, 0.6) is 0 Å². The number of aromatic nitrogens is 4. The van der Waals surface area contributed by atoms with Crippen LogP contribution in [0.3, 0.4) is 0 Å². The van der Waals surface area contributed by atoms with Gasteiger partial charge < -0.3 is 4.90 Å². The molecule has 1 saturated heterocycles. The first-order chi connectivity index (χ1) is 9.70. The summed E-state index contributed by atoms with van der Waals surface area (Å²) in [6.45, 7) is 4.37. The predicted molar refractivity (Wildman–Crippen MR) is 78.3 cm³/mol. The maximum Gasteiger partial charge on any atom is 0.112 e. The van der Waals surface area contributed by atoms with Crippen molar-refractivity contribution < 1.29 is 0 Å². The lowest BCUT2D eigenvalue weighted by Gasteiger charge is -2.29. The molecular formula is C15H21N5. The molecular weight excluding hydrogens is 250 g/mol. The Balaban J connectivity index is 1.74. The van der Waals surface area contributed by atoms with E-state index in [1.54, 1.807) is 6.20 Å². The predicted octanol–water partition coefficient (Wildman–Crippen LogP) is 2.06. The minimum Gasteiger partial charge on any atom is -0.306 e. The molecule has 3 heterocycles. The van der Waals surface area contributed by atoms with Crippen LogP contribution < -0.4 is 0 Å². The molecule has 20 heavy (non-hydrogen) atoms. The van der Waals surface area contributed by atoms with Crippen molar-refractivity contribution in [2.24, 2.45) is 5.92 Å². The minimum atomic E-state index is 0.694. The van der Waals surface area contributed by atoms with E-state index in [1.807, 2.05) is 19.2 Å². The monoisotopic (exact) mass is 271 g/mol. The van der Waals surface area contributed by atoms with Crippen LogP contribution in [0.4, 0.5) is 0 Å². The van der Waals surface area contributed by atoms with E-state index in [-0.39, 0.29) is 0 Å². The third kappa shape index (κ3) is 3.04. The van der Waals surface area contributed by atoms with E-state index in [2.05, 4.69) is 27.1 Å². The standard InChI is InChI=1S/C15H21N5/c1-11-6-14(19-18-11)15-9-16-8-13(17-15)7-12-4-3-5-20(2)10-12/h6,8-9,12H,3-5,7,10H2,1-2H3,(H,18,19)/t12-/m1/s1. The third-order valence-corrected chi connectivity index (χ3v) is 3.87. The molecule has 106 valence electrons. The summed E-state index contributed by atoms with van der Waals surface area (Å²) in [5, 5.41) is 7.20. The van der Waals surface area contributed by atoms with Gasteiger partial charge in [0, 0.05) is 18.4 Å². The molecule has 5 nitrogen and oxygen atoms in total. The maximum atomic E-state index is 4.71. The van der Waals surface area contributed by atoms with Gasteiger partial charge in [0.05, 0.1) is 11.9 Å². The Morgan fingerprint density at radius 1 is 1.35 bits per heavy atom. The zero-order valence-electron chi connectivity index (χ0n) is 12.1. The van der Waals surface area contributed by atoms with Crippen LogP contribution in [0.1, 0.15) is 24.2 Å². The fraction of sp³-hybridized carbons (Fsp3) is 0.533. The zero-order valence-corrected chi connectivity index (χ0v) is 12.1.